The summed E-state index contributed by atoms with van der Waals surface area (Å²) in [6.07, 6.45) is 1.09. The minimum Gasteiger partial charge on any atom is -0.366 e. The van der Waals surface area contributed by atoms with Crippen molar-refractivity contribution in [2.45, 2.75) is 19.4 Å². The van der Waals surface area contributed by atoms with Gasteiger partial charge in [0.15, 0.2) is 0 Å². The van der Waals surface area contributed by atoms with E-state index in [-0.39, 0.29) is 5.82 Å². The van der Waals surface area contributed by atoms with E-state index in [0.29, 0.717) is 6.04 Å². The second kappa shape index (κ2) is 4.62. The van der Waals surface area contributed by atoms with Crippen LogP contribution < -0.4 is 10.2 Å². The first-order chi connectivity index (χ1) is 7.31. The first-order valence-electron chi connectivity index (χ1n) is 5.54. The average molecular weight is 208 g/mol. The fourth-order valence-corrected chi connectivity index (χ4v) is 2.03. The predicted octanol–water partition coefficient (Wildman–Crippen LogP) is 2.01. The van der Waals surface area contributed by atoms with Gasteiger partial charge in [0.05, 0.1) is 5.69 Å². The monoisotopic (exact) mass is 208 g/mol. The summed E-state index contributed by atoms with van der Waals surface area (Å²) in [5.41, 5.74) is 0.734. The summed E-state index contributed by atoms with van der Waals surface area (Å²) < 4.78 is 13.5. The topological polar surface area (TPSA) is 15.3 Å². The van der Waals surface area contributed by atoms with E-state index in [2.05, 4.69) is 17.1 Å². The molecule has 0 bridgehead atoms. The smallest absolute Gasteiger partial charge is 0.146 e. The summed E-state index contributed by atoms with van der Waals surface area (Å²) in [5.74, 6) is -0.116. The number of anilines is 1. The summed E-state index contributed by atoms with van der Waals surface area (Å²) in [6.45, 7) is 4.88. The Labute approximate surface area is 90.1 Å². The molecule has 0 saturated carbocycles. The predicted molar refractivity (Wildman–Crippen MR) is 60.7 cm³/mol. The molecule has 15 heavy (non-hydrogen) atoms. The van der Waals surface area contributed by atoms with Gasteiger partial charge in [-0.3, -0.25) is 0 Å². The maximum Gasteiger partial charge on any atom is 0.146 e. The lowest BCUT2D eigenvalue weighted by Crippen LogP contribution is -2.50. The van der Waals surface area contributed by atoms with Gasteiger partial charge in [0.2, 0.25) is 0 Å². The molecule has 1 aliphatic heterocycles. The summed E-state index contributed by atoms with van der Waals surface area (Å²) >= 11 is 0. The van der Waals surface area contributed by atoms with Gasteiger partial charge in [0, 0.05) is 25.7 Å². The van der Waals surface area contributed by atoms with Crippen LogP contribution in [0.25, 0.3) is 0 Å². The van der Waals surface area contributed by atoms with E-state index < -0.39 is 0 Å². The normalized spacial score (nSPS) is 21.7. The highest BCUT2D eigenvalue weighted by Crippen LogP contribution is 2.20. The third kappa shape index (κ3) is 2.29. The lowest BCUT2D eigenvalue weighted by molar-refractivity contribution is 0.443. The molecule has 1 fully saturated rings. The van der Waals surface area contributed by atoms with Crippen molar-refractivity contribution in [1.82, 2.24) is 5.32 Å². The zero-order chi connectivity index (χ0) is 10.7. The van der Waals surface area contributed by atoms with Crippen molar-refractivity contribution >= 4 is 5.69 Å². The summed E-state index contributed by atoms with van der Waals surface area (Å²) in [5, 5.41) is 3.42. The Morgan fingerprint density at radius 1 is 1.47 bits per heavy atom. The maximum absolute atomic E-state index is 13.5. The fourth-order valence-electron chi connectivity index (χ4n) is 2.03. The zero-order valence-electron chi connectivity index (χ0n) is 9.04. The fraction of sp³-hybridized carbons (Fsp3) is 0.500. The summed E-state index contributed by atoms with van der Waals surface area (Å²) in [7, 11) is 0. The largest absolute Gasteiger partial charge is 0.366 e. The van der Waals surface area contributed by atoms with Gasteiger partial charge in [-0.2, -0.15) is 0 Å². The highest BCUT2D eigenvalue weighted by molar-refractivity contribution is 5.48. The van der Waals surface area contributed by atoms with E-state index in [0.717, 1.165) is 31.7 Å². The van der Waals surface area contributed by atoms with Gasteiger partial charge < -0.3 is 10.2 Å². The molecule has 0 aromatic heterocycles. The molecule has 0 radical (unpaired) electrons. The number of benzene rings is 1. The molecule has 1 atom stereocenters. The Bertz CT molecular complexity index is 327. The Balaban J connectivity index is 2.13. The van der Waals surface area contributed by atoms with Gasteiger partial charge in [0.25, 0.3) is 0 Å². The quantitative estimate of drug-likeness (QED) is 0.800. The molecular weight excluding hydrogens is 191 g/mol. The minimum atomic E-state index is -0.116. The van der Waals surface area contributed by atoms with Crippen molar-refractivity contribution < 1.29 is 4.39 Å². The van der Waals surface area contributed by atoms with Crippen LogP contribution >= 0.6 is 0 Å². The van der Waals surface area contributed by atoms with Crippen molar-refractivity contribution in [2.24, 2.45) is 0 Å². The average Bonchev–Trinajstić information content (AvgIpc) is 2.30. The maximum atomic E-state index is 13.5. The van der Waals surface area contributed by atoms with E-state index in [1.165, 1.54) is 6.07 Å². The molecule has 1 aromatic rings. The second-order valence-corrected chi connectivity index (χ2v) is 3.96. The molecule has 2 rings (SSSR count). The summed E-state index contributed by atoms with van der Waals surface area (Å²) in [6, 6.07) is 7.49. The number of piperazine rings is 1. The molecule has 1 saturated heterocycles. The third-order valence-electron chi connectivity index (χ3n) is 2.94. The number of hydrogen-bond acceptors (Lipinski definition) is 2. The lowest BCUT2D eigenvalue weighted by Gasteiger charge is -2.35. The van der Waals surface area contributed by atoms with Crippen LogP contribution in [0.2, 0.25) is 0 Å². The molecule has 3 heteroatoms. The van der Waals surface area contributed by atoms with Gasteiger partial charge in [-0.05, 0) is 18.6 Å². The van der Waals surface area contributed by atoms with E-state index in [1.807, 2.05) is 12.1 Å². The van der Waals surface area contributed by atoms with Crippen LogP contribution in [0, 0.1) is 5.82 Å². The van der Waals surface area contributed by atoms with E-state index in [1.54, 1.807) is 6.07 Å². The zero-order valence-corrected chi connectivity index (χ0v) is 9.04. The molecule has 1 heterocycles. The van der Waals surface area contributed by atoms with Gasteiger partial charge in [-0.15, -0.1) is 0 Å². The number of rotatable bonds is 2. The first-order valence-corrected chi connectivity index (χ1v) is 5.54. The molecule has 82 valence electrons. The van der Waals surface area contributed by atoms with Crippen LogP contribution in [-0.4, -0.2) is 25.7 Å². The Morgan fingerprint density at radius 2 is 2.27 bits per heavy atom. The number of nitrogens with zero attached hydrogens (tertiary/aromatic N) is 1. The van der Waals surface area contributed by atoms with Crippen LogP contribution in [-0.2, 0) is 0 Å². The number of hydrogen-bond donors (Lipinski definition) is 1. The van der Waals surface area contributed by atoms with Crippen LogP contribution in [0.3, 0.4) is 0 Å². The van der Waals surface area contributed by atoms with Gasteiger partial charge in [-0.1, -0.05) is 19.1 Å². The number of halogens is 1. The number of nitrogens with one attached hydrogen (secondary N) is 1. The molecule has 1 N–H and O–H groups in total. The van der Waals surface area contributed by atoms with Crippen molar-refractivity contribution in [3.63, 3.8) is 0 Å². The molecule has 0 aliphatic carbocycles. The van der Waals surface area contributed by atoms with Crippen LogP contribution in [0.5, 0.6) is 0 Å². The molecular formula is C12H17FN2. The van der Waals surface area contributed by atoms with Gasteiger partial charge in [-0.25, -0.2) is 4.39 Å². The SMILES string of the molecule is CCC1CN(c2ccccc2F)CCN1. The van der Waals surface area contributed by atoms with Gasteiger partial charge in [0.1, 0.15) is 5.82 Å². The molecule has 0 spiro atoms. The first kappa shape index (κ1) is 10.4. The van der Waals surface area contributed by atoms with Crippen molar-refractivity contribution in [3.05, 3.63) is 30.1 Å². The molecule has 1 aromatic carbocycles. The van der Waals surface area contributed by atoms with E-state index in [9.17, 15) is 4.39 Å². The third-order valence-corrected chi connectivity index (χ3v) is 2.94. The highest BCUT2D eigenvalue weighted by atomic mass is 19.1. The minimum absolute atomic E-state index is 0.116. The lowest BCUT2D eigenvalue weighted by atomic mass is 10.1. The van der Waals surface area contributed by atoms with Crippen molar-refractivity contribution in [3.8, 4) is 0 Å². The van der Waals surface area contributed by atoms with Gasteiger partial charge >= 0.3 is 0 Å². The Morgan fingerprint density at radius 3 is 3.00 bits per heavy atom. The second-order valence-electron chi connectivity index (χ2n) is 3.96. The molecule has 1 unspecified atom stereocenters. The van der Waals surface area contributed by atoms with Crippen molar-refractivity contribution in [1.29, 1.82) is 0 Å². The highest BCUT2D eigenvalue weighted by Gasteiger charge is 2.19. The van der Waals surface area contributed by atoms with Crippen molar-refractivity contribution in [2.75, 3.05) is 24.5 Å². The Hall–Kier alpha value is -1.09. The summed E-state index contributed by atoms with van der Waals surface area (Å²) in [4.78, 5) is 2.12. The molecule has 0 amide bonds. The Kier molecular flexibility index (Phi) is 3.21. The molecule has 2 nitrogen and oxygen atoms in total. The number of para-hydroxylation sites is 1. The van der Waals surface area contributed by atoms with E-state index in [4.69, 9.17) is 0 Å². The molecule has 1 aliphatic rings. The van der Waals surface area contributed by atoms with E-state index >= 15 is 0 Å². The standard InChI is InChI=1S/C12H17FN2/c1-2-10-9-15(8-7-14-10)12-6-4-3-5-11(12)13/h3-6,10,14H,2,7-9H2,1H3. The van der Waals surface area contributed by atoms with Crippen LogP contribution in [0.15, 0.2) is 24.3 Å². The van der Waals surface area contributed by atoms with Crippen LogP contribution in [0.4, 0.5) is 10.1 Å². The van der Waals surface area contributed by atoms with Crippen LogP contribution in [0.1, 0.15) is 13.3 Å².